The molecule has 2 heterocycles. The molecule has 1 aromatic heterocycles. The molecule has 24 heavy (non-hydrogen) atoms. The molecule has 130 valence electrons. The number of anilines is 1. The van der Waals surface area contributed by atoms with Gasteiger partial charge in [0.1, 0.15) is 0 Å². The Balaban J connectivity index is 0.000000175. The molecule has 1 aliphatic heterocycles. The van der Waals surface area contributed by atoms with Gasteiger partial charge in [0.05, 0.1) is 5.41 Å². The van der Waals surface area contributed by atoms with Crippen LogP contribution in [-0.4, -0.2) is 53.3 Å². The van der Waals surface area contributed by atoms with E-state index in [0.717, 1.165) is 31.3 Å². The number of thiazole rings is 1. The minimum absolute atomic E-state index is 0.0359. The SMILES string of the molecule is CC1(C(=O)O)C=CC=C(C(=O)O)C1.c1csc(N2CCNCC2)n1. The molecular formula is C16H21N3O4S. The standard InChI is InChI=1S/C9H10O4.C7H11N3S/c1-9(8(12)13)4-2-3-6(5-9)7(10)11;1-4-10(5-2-8-1)7-9-3-6-11-7/h2-4H,5H2,1H3,(H,10,11)(H,12,13);3,6,8H,1-2,4-5H2. The summed E-state index contributed by atoms with van der Waals surface area (Å²) < 4.78 is 0. The van der Waals surface area contributed by atoms with E-state index in [1.165, 1.54) is 25.2 Å². The van der Waals surface area contributed by atoms with Gasteiger partial charge >= 0.3 is 11.9 Å². The normalized spacial score (nSPS) is 23.0. The Morgan fingerprint density at radius 2 is 2.04 bits per heavy atom. The van der Waals surface area contributed by atoms with Crippen LogP contribution >= 0.6 is 11.3 Å². The van der Waals surface area contributed by atoms with Gasteiger partial charge in [0.25, 0.3) is 0 Å². The maximum Gasteiger partial charge on any atom is 0.331 e. The number of aliphatic carboxylic acids is 2. The van der Waals surface area contributed by atoms with Crippen molar-refractivity contribution in [2.75, 3.05) is 31.1 Å². The summed E-state index contributed by atoms with van der Waals surface area (Å²) in [5, 5.41) is 24.0. The van der Waals surface area contributed by atoms with Gasteiger partial charge in [-0.3, -0.25) is 4.79 Å². The van der Waals surface area contributed by atoms with E-state index in [-0.39, 0.29) is 12.0 Å². The number of carbonyl (C=O) groups is 2. The fourth-order valence-electron chi connectivity index (χ4n) is 2.41. The zero-order valence-electron chi connectivity index (χ0n) is 13.4. The lowest BCUT2D eigenvalue weighted by atomic mass is 9.80. The van der Waals surface area contributed by atoms with Crippen molar-refractivity contribution in [2.24, 2.45) is 5.41 Å². The molecule has 1 unspecified atom stereocenters. The summed E-state index contributed by atoms with van der Waals surface area (Å²) in [7, 11) is 0. The highest BCUT2D eigenvalue weighted by Gasteiger charge is 2.34. The molecule has 1 fully saturated rings. The van der Waals surface area contributed by atoms with Crippen LogP contribution in [0.5, 0.6) is 0 Å². The number of nitrogens with zero attached hydrogens (tertiary/aromatic N) is 2. The second-order valence-electron chi connectivity index (χ2n) is 5.81. The summed E-state index contributed by atoms with van der Waals surface area (Å²) in [6.45, 7) is 5.85. The van der Waals surface area contributed by atoms with Crippen molar-refractivity contribution in [3.05, 3.63) is 35.4 Å². The number of aromatic nitrogens is 1. The fourth-order valence-corrected chi connectivity index (χ4v) is 3.11. The van der Waals surface area contributed by atoms with Crippen LogP contribution < -0.4 is 10.2 Å². The quantitative estimate of drug-likeness (QED) is 0.760. The first-order valence-corrected chi connectivity index (χ1v) is 8.50. The Morgan fingerprint density at radius 1 is 1.33 bits per heavy atom. The number of piperazine rings is 1. The number of hydrogen-bond donors (Lipinski definition) is 3. The first kappa shape index (κ1) is 18.2. The average molecular weight is 351 g/mol. The first-order valence-electron chi connectivity index (χ1n) is 7.62. The number of allylic oxidation sites excluding steroid dienone is 2. The van der Waals surface area contributed by atoms with Crippen LogP contribution in [0.1, 0.15) is 13.3 Å². The largest absolute Gasteiger partial charge is 0.481 e. The van der Waals surface area contributed by atoms with Crippen molar-refractivity contribution in [2.45, 2.75) is 13.3 Å². The van der Waals surface area contributed by atoms with Gasteiger partial charge in [0.15, 0.2) is 5.13 Å². The molecule has 0 amide bonds. The average Bonchev–Trinajstić information content (AvgIpc) is 3.11. The Kier molecular flexibility index (Phi) is 6.10. The number of carboxylic acids is 2. The van der Waals surface area contributed by atoms with E-state index in [1.54, 1.807) is 11.3 Å². The Morgan fingerprint density at radius 3 is 2.58 bits per heavy atom. The maximum absolute atomic E-state index is 10.8. The molecule has 1 saturated heterocycles. The summed E-state index contributed by atoms with van der Waals surface area (Å²) >= 11 is 1.72. The van der Waals surface area contributed by atoms with Crippen molar-refractivity contribution in [1.29, 1.82) is 0 Å². The summed E-state index contributed by atoms with van der Waals surface area (Å²) in [5.74, 6) is -2.06. The van der Waals surface area contributed by atoms with E-state index in [9.17, 15) is 9.59 Å². The molecular weight excluding hydrogens is 330 g/mol. The number of rotatable bonds is 3. The minimum atomic E-state index is -1.08. The molecule has 2 aliphatic rings. The van der Waals surface area contributed by atoms with Gasteiger partial charge in [-0.2, -0.15) is 0 Å². The lowest BCUT2D eigenvalue weighted by Crippen LogP contribution is -2.43. The van der Waals surface area contributed by atoms with Crippen molar-refractivity contribution in [3.63, 3.8) is 0 Å². The van der Waals surface area contributed by atoms with Crippen LogP contribution in [0.3, 0.4) is 0 Å². The lowest BCUT2D eigenvalue weighted by molar-refractivity contribution is -0.145. The van der Waals surface area contributed by atoms with Crippen molar-refractivity contribution in [3.8, 4) is 0 Å². The molecule has 3 rings (SSSR count). The van der Waals surface area contributed by atoms with E-state index < -0.39 is 17.4 Å². The topological polar surface area (TPSA) is 103 Å². The molecule has 1 aromatic rings. The van der Waals surface area contributed by atoms with Gasteiger partial charge in [0.2, 0.25) is 0 Å². The van der Waals surface area contributed by atoms with Gasteiger partial charge in [-0.15, -0.1) is 11.3 Å². The zero-order chi connectivity index (χ0) is 17.6. The van der Waals surface area contributed by atoms with Crippen molar-refractivity contribution < 1.29 is 19.8 Å². The van der Waals surface area contributed by atoms with Gasteiger partial charge in [-0.1, -0.05) is 18.2 Å². The maximum atomic E-state index is 10.8. The van der Waals surface area contributed by atoms with E-state index in [1.807, 2.05) is 11.6 Å². The molecule has 0 aromatic carbocycles. The van der Waals surface area contributed by atoms with Crippen molar-refractivity contribution in [1.82, 2.24) is 10.3 Å². The van der Waals surface area contributed by atoms with E-state index >= 15 is 0 Å². The third-order valence-electron chi connectivity index (χ3n) is 3.89. The van der Waals surface area contributed by atoms with Gasteiger partial charge < -0.3 is 20.4 Å². The van der Waals surface area contributed by atoms with Crippen LogP contribution in [-0.2, 0) is 9.59 Å². The second kappa shape index (κ2) is 8.07. The summed E-state index contributed by atoms with van der Waals surface area (Å²) in [6.07, 6.45) is 6.30. The molecule has 1 atom stereocenters. The van der Waals surface area contributed by atoms with Crippen LogP contribution in [0.25, 0.3) is 0 Å². The molecule has 0 spiro atoms. The zero-order valence-corrected chi connectivity index (χ0v) is 14.3. The number of nitrogens with one attached hydrogen (secondary N) is 1. The smallest absolute Gasteiger partial charge is 0.331 e. The van der Waals surface area contributed by atoms with Crippen LogP contribution in [0.15, 0.2) is 35.4 Å². The Bertz CT molecular complexity index is 636. The highest BCUT2D eigenvalue weighted by Crippen LogP contribution is 2.31. The molecule has 3 N–H and O–H groups in total. The molecule has 1 aliphatic carbocycles. The summed E-state index contributed by atoms with van der Waals surface area (Å²) in [5.41, 5.74) is -0.949. The predicted molar refractivity (Wildman–Crippen MR) is 92.4 cm³/mol. The molecule has 0 bridgehead atoms. The summed E-state index contributed by atoms with van der Waals surface area (Å²) in [4.78, 5) is 27.9. The third-order valence-corrected chi connectivity index (χ3v) is 4.72. The Hall–Kier alpha value is -2.19. The Labute approximate surface area is 144 Å². The van der Waals surface area contributed by atoms with Crippen molar-refractivity contribution >= 4 is 28.4 Å². The van der Waals surface area contributed by atoms with E-state index in [4.69, 9.17) is 10.2 Å². The summed E-state index contributed by atoms with van der Waals surface area (Å²) in [6, 6.07) is 0. The first-order chi connectivity index (χ1) is 11.4. The van der Waals surface area contributed by atoms with Gasteiger partial charge in [-0.05, 0) is 13.3 Å². The lowest BCUT2D eigenvalue weighted by Gasteiger charge is -2.26. The van der Waals surface area contributed by atoms with Gasteiger partial charge in [0, 0.05) is 43.3 Å². The van der Waals surface area contributed by atoms with Crippen LogP contribution in [0.4, 0.5) is 5.13 Å². The minimum Gasteiger partial charge on any atom is -0.481 e. The molecule has 8 heteroatoms. The number of carboxylic acid groups (broad SMARTS) is 2. The third kappa shape index (κ3) is 4.65. The fraction of sp³-hybridized carbons (Fsp3) is 0.438. The second-order valence-corrected chi connectivity index (χ2v) is 6.68. The van der Waals surface area contributed by atoms with Crippen LogP contribution in [0, 0.1) is 5.41 Å². The predicted octanol–water partition coefficient (Wildman–Crippen LogP) is 1.60. The number of hydrogen-bond acceptors (Lipinski definition) is 6. The molecule has 0 saturated carbocycles. The van der Waals surface area contributed by atoms with E-state index in [2.05, 4.69) is 15.2 Å². The van der Waals surface area contributed by atoms with Crippen LogP contribution in [0.2, 0.25) is 0 Å². The highest BCUT2D eigenvalue weighted by atomic mass is 32.1. The van der Waals surface area contributed by atoms with E-state index in [0.29, 0.717) is 0 Å². The molecule has 7 nitrogen and oxygen atoms in total. The monoisotopic (exact) mass is 351 g/mol. The highest BCUT2D eigenvalue weighted by molar-refractivity contribution is 7.13. The van der Waals surface area contributed by atoms with Gasteiger partial charge in [-0.25, -0.2) is 9.78 Å². The molecule has 0 radical (unpaired) electrons.